The van der Waals surface area contributed by atoms with Crippen LogP contribution in [0.25, 0.3) is 0 Å². The van der Waals surface area contributed by atoms with Crippen LogP contribution in [-0.2, 0) is 11.3 Å². The molecule has 6 nitrogen and oxygen atoms in total. The van der Waals surface area contributed by atoms with E-state index >= 15 is 0 Å². The van der Waals surface area contributed by atoms with Crippen molar-refractivity contribution >= 4 is 23.3 Å². The summed E-state index contributed by atoms with van der Waals surface area (Å²) in [5.41, 5.74) is 1.62. The lowest BCUT2D eigenvalue weighted by molar-refractivity contribution is -0.117. The number of amides is 3. The molecule has 4 rings (SSSR count). The number of carbonyl (C=O) groups is 2. The fraction of sp³-hybridized carbons (Fsp3) is 0.300. The third kappa shape index (κ3) is 4.02. The zero-order valence-corrected chi connectivity index (χ0v) is 14.7. The lowest BCUT2D eigenvalue weighted by atomic mass is 10.1. The SMILES string of the molecule is O=C(Nc1ccc2c(c1)CN(C(=O)Nc1ccccc1F)CCO2)C1CC1. The van der Waals surface area contributed by atoms with Crippen molar-refractivity contribution in [2.75, 3.05) is 23.8 Å². The number of hydrogen-bond donors (Lipinski definition) is 2. The first kappa shape index (κ1) is 17.3. The standard InChI is InChI=1S/C20H20FN3O3/c21-16-3-1-2-4-17(16)23-20(26)24-9-10-27-18-8-7-15(11-14(18)12-24)22-19(25)13-5-6-13/h1-4,7-8,11,13H,5-6,9-10,12H2,(H,22,25)(H,23,26). The third-order valence-electron chi connectivity index (χ3n) is 4.66. The molecule has 2 aromatic carbocycles. The fourth-order valence-electron chi connectivity index (χ4n) is 2.99. The van der Waals surface area contributed by atoms with Crippen molar-refractivity contribution in [2.24, 2.45) is 5.92 Å². The smallest absolute Gasteiger partial charge is 0.322 e. The molecule has 0 radical (unpaired) electrons. The number of anilines is 2. The monoisotopic (exact) mass is 369 g/mol. The average molecular weight is 369 g/mol. The van der Waals surface area contributed by atoms with Crippen molar-refractivity contribution in [1.29, 1.82) is 0 Å². The van der Waals surface area contributed by atoms with Gasteiger partial charge in [0.2, 0.25) is 5.91 Å². The summed E-state index contributed by atoms with van der Waals surface area (Å²) in [4.78, 5) is 26.1. The number of benzene rings is 2. The Bertz CT molecular complexity index is 883. The van der Waals surface area contributed by atoms with E-state index < -0.39 is 11.8 Å². The average Bonchev–Trinajstić information content (AvgIpc) is 3.50. The molecule has 2 aromatic rings. The summed E-state index contributed by atoms with van der Waals surface area (Å²) in [7, 11) is 0. The molecule has 140 valence electrons. The lowest BCUT2D eigenvalue weighted by Gasteiger charge is -2.20. The minimum absolute atomic E-state index is 0.0265. The van der Waals surface area contributed by atoms with Gasteiger partial charge in [-0.25, -0.2) is 9.18 Å². The molecule has 0 unspecified atom stereocenters. The number of ether oxygens (including phenoxy) is 1. The minimum atomic E-state index is -0.484. The van der Waals surface area contributed by atoms with Gasteiger partial charge in [-0.1, -0.05) is 12.1 Å². The van der Waals surface area contributed by atoms with Gasteiger partial charge >= 0.3 is 6.03 Å². The van der Waals surface area contributed by atoms with Gasteiger partial charge < -0.3 is 20.3 Å². The van der Waals surface area contributed by atoms with Crippen LogP contribution in [0.2, 0.25) is 0 Å². The Morgan fingerprint density at radius 1 is 1.11 bits per heavy atom. The zero-order chi connectivity index (χ0) is 18.8. The Labute approximate surface area is 156 Å². The van der Waals surface area contributed by atoms with Gasteiger partial charge in [-0.3, -0.25) is 4.79 Å². The van der Waals surface area contributed by atoms with E-state index in [1.165, 1.54) is 12.1 Å². The molecule has 0 spiro atoms. The number of rotatable bonds is 3. The van der Waals surface area contributed by atoms with Crippen LogP contribution < -0.4 is 15.4 Å². The van der Waals surface area contributed by atoms with Crippen LogP contribution in [0.5, 0.6) is 5.75 Å². The number of halogens is 1. The summed E-state index contributed by atoms with van der Waals surface area (Å²) >= 11 is 0. The third-order valence-corrected chi connectivity index (χ3v) is 4.66. The number of urea groups is 1. The van der Waals surface area contributed by atoms with Crippen molar-refractivity contribution in [2.45, 2.75) is 19.4 Å². The number of hydrogen-bond acceptors (Lipinski definition) is 3. The van der Waals surface area contributed by atoms with Crippen molar-refractivity contribution in [3.05, 3.63) is 53.8 Å². The van der Waals surface area contributed by atoms with Crippen LogP contribution in [-0.4, -0.2) is 30.0 Å². The first-order valence-corrected chi connectivity index (χ1v) is 8.97. The van der Waals surface area contributed by atoms with Gasteiger partial charge in [-0.2, -0.15) is 0 Å². The molecule has 27 heavy (non-hydrogen) atoms. The molecular formula is C20H20FN3O3. The van der Waals surface area contributed by atoms with E-state index in [1.807, 2.05) is 6.07 Å². The molecule has 1 heterocycles. The van der Waals surface area contributed by atoms with E-state index in [1.54, 1.807) is 29.2 Å². The largest absolute Gasteiger partial charge is 0.491 e. The predicted octanol–water partition coefficient (Wildman–Crippen LogP) is 3.60. The molecule has 0 atom stereocenters. The van der Waals surface area contributed by atoms with Crippen LogP contribution in [0.4, 0.5) is 20.6 Å². The normalized spacial score (nSPS) is 16.0. The van der Waals surface area contributed by atoms with Gasteiger partial charge in [0, 0.05) is 17.2 Å². The highest BCUT2D eigenvalue weighted by atomic mass is 19.1. The van der Waals surface area contributed by atoms with E-state index in [0.717, 1.165) is 18.4 Å². The second-order valence-corrected chi connectivity index (χ2v) is 6.77. The van der Waals surface area contributed by atoms with E-state index in [4.69, 9.17) is 4.74 Å². The van der Waals surface area contributed by atoms with Gasteiger partial charge in [0.15, 0.2) is 0 Å². The Hall–Kier alpha value is -3.09. The van der Waals surface area contributed by atoms with Crippen LogP contribution in [0.3, 0.4) is 0 Å². The predicted molar refractivity (Wildman–Crippen MR) is 99.1 cm³/mol. The van der Waals surface area contributed by atoms with E-state index in [-0.39, 0.29) is 17.5 Å². The van der Waals surface area contributed by atoms with Gasteiger partial charge in [0.25, 0.3) is 0 Å². The molecule has 0 aromatic heterocycles. The summed E-state index contributed by atoms with van der Waals surface area (Å²) in [6.45, 7) is 1.02. The quantitative estimate of drug-likeness (QED) is 0.868. The van der Waals surface area contributed by atoms with E-state index in [0.29, 0.717) is 31.1 Å². The van der Waals surface area contributed by atoms with Crippen LogP contribution in [0, 0.1) is 11.7 Å². The van der Waals surface area contributed by atoms with Crippen LogP contribution >= 0.6 is 0 Å². The summed E-state index contributed by atoms with van der Waals surface area (Å²) in [5.74, 6) is 0.338. The maximum absolute atomic E-state index is 13.8. The number of nitrogens with zero attached hydrogens (tertiary/aromatic N) is 1. The Morgan fingerprint density at radius 3 is 2.70 bits per heavy atom. The topological polar surface area (TPSA) is 70.7 Å². The van der Waals surface area contributed by atoms with Gasteiger partial charge in [0.1, 0.15) is 18.2 Å². The van der Waals surface area contributed by atoms with Crippen molar-refractivity contribution in [3.8, 4) is 5.75 Å². The fourth-order valence-corrected chi connectivity index (χ4v) is 2.99. The Morgan fingerprint density at radius 2 is 1.93 bits per heavy atom. The number of nitrogens with one attached hydrogen (secondary N) is 2. The maximum Gasteiger partial charge on any atom is 0.322 e. The molecular weight excluding hydrogens is 349 g/mol. The van der Waals surface area contributed by atoms with Crippen LogP contribution in [0.1, 0.15) is 18.4 Å². The summed E-state index contributed by atoms with van der Waals surface area (Å²) < 4.78 is 19.5. The lowest BCUT2D eigenvalue weighted by Crippen LogP contribution is -2.36. The van der Waals surface area contributed by atoms with Crippen molar-refractivity contribution < 1.29 is 18.7 Å². The number of fused-ring (bicyclic) bond motifs is 1. The van der Waals surface area contributed by atoms with Gasteiger partial charge in [-0.05, 0) is 43.2 Å². The molecule has 1 aliphatic heterocycles. The molecule has 1 aliphatic carbocycles. The molecule has 1 fully saturated rings. The summed E-state index contributed by atoms with van der Waals surface area (Å²) in [5, 5.41) is 5.50. The maximum atomic E-state index is 13.8. The minimum Gasteiger partial charge on any atom is -0.491 e. The highest BCUT2D eigenvalue weighted by molar-refractivity contribution is 5.94. The second-order valence-electron chi connectivity index (χ2n) is 6.77. The zero-order valence-electron chi connectivity index (χ0n) is 14.7. The van der Waals surface area contributed by atoms with Gasteiger partial charge in [-0.15, -0.1) is 0 Å². The molecule has 1 saturated carbocycles. The Balaban J connectivity index is 1.48. The molecule has 0 saturated heterocycles. The molecule has 2 N–H and O–H groups in total. The number of para-hydroxylation sites is 1. The second kappa shape index (κ2) is 7.26. The number of carbonyl (C=O) groups excluding carboxylic acids is 2. The molecule has 3 amide bonds. The highest BCUT2D eigenvalue weighted by Gasteiger charge is 2.30. The molecule has 2 aliphatic rings. The van der Waals surface area contributed by atoms with E-state index in [2.05, 4.69) is 10.6 Å². The van der Waals surface area contributed by atoms with Crippen LogP contribution in [0.15, 0.2) is 42.5 Å². The first-order valence-electron chi connectivity index (χ1n) is 8.97. The van der Waals surface area contributed by atoms with Gasteiger partial charge in [0.05, 0.1) is 18.8 Å². The summed E-state index contributed by atoms with van der Waals surface area (Å²) in [6.07, 6.45) is 1.87. The molecule has 7 heteroatoms. The molecule has 0 bridgehead atoms. The van der Waals surface area contributed by atoms with Crippen molar-refractivity contribution in [1.82, 2.24) is 4.90 Å². The Kier molecular flexibility index (Phi) is 4.66. The highest BCUT2D eigenvalue weighted by Crippen LogP contribution is 2.32. The first-order chi connectivity index (χ1) is 13.1. The van der Waals surface area contributed by atoms with Crippen molar-refractivity contribution in [3.63, 3.8) is 0 Å². The summed E-state index contributed by atoms with van der Waals surface area (Å²) in [6, 6.07) is 11.1. The van der Waals surface area contributed by atoms with E-state index in [9.17, 15) is 14.0 Å².